The average Bonchev–Trinajstić information content (AvgIpc) is 2.38. The molecule has 0 radical (unpaired) electrons. The molecule has 1 aromatic rings. The molecule has 0 saturated heterocycles. The quantitative estimate of drug-likeness (QED) is 0.691. The van der Waals surface area contributed by atoms with E-state index in [4.69, 9.17) is 11.0 Å². The Kier molecular flexibility index (Phi) is 5.45. The van der Waals surface area contributed by atoms with Gasteiger partial charge in [0.1, 0.15) is 11.9 Å². The highest BCUT2D eigenvalue weighted by Crippen LogP contribution is 2.15. The number of nitrogens with two attached hydrogens (primary N) is 1. The maximum absolute atomic E-state index is 11.3. The minimum absolute atomic E-state index is 0.00318. The number of amides is 1. The van der Waals surface area contributed by atoms with Gasteiger partial charge in [0.25, 0.3) is 0 Å². The summed E-state index contributed by atoms with van der Waals surface area (Å²) in [4.78, 5) is 15.3. The van der Waals surface area contributed by atoms with Gasteiger partial charge in [0.2, 0.25) is 5.91 Å². The van der Waals surface area contributed by atoms with Crippen molar-refractivity contribution in [3.05, 3.63) is 17.8 Å². The van der Waals surface area contributed by atoms with Crippen molar-refractivity contribution in [2.75, 3.05) is 24.1 Å². The van der Waals surface area contributed by atoms with E-state index in [-0.39, 0.29) is 5.91 Å². The van der Waals surface area contributed by atoms with Crippen molar-refractivity contribution in [1.29, 1.82) is 5.26 Å². The van der Waals surface area contributed by atoms with E-state index in [0.29, 0.717) is 36.6 Å². The molecule has 1 rings (SSSR count). The molecule has 0 saturated carbocycles. The number of nitrogens with zero attached hydrogens (tertiary/aromatic N) is 2. The number of anilines is 2. The zero-order valence-electron chi connectivity index (χ0n) is 10.4. The predicted octanol–water partition coefficient (Wildman–Crippen LogP) is 0.864. The summed E-state index contributed by atoms with van der Waals surface area (Å²) in [7, 11) is 0. The third-order valence-electron chi connectivity index (χ3n) is 2.26. The normalized spacial score (nSPS) is 9.56. The number of hydrogen-bond acceptors (Lipinski definition) is 5. The first-order valence-corrected chi connectivity index (χ1v) is 5.83. The van der Waals surface area contributed by atoms with Crippen LogP contribution in [0.25, 0.3) is 0 Å². The first-order valence-electron chi connectivity index (χ1n) is 5.83. The monoisotopic (exact) mass is 247 g/mol. The van der Waals surface area contributed by atoms with Crippen molar-refractivity contribution in [1.82, 2.24) is 10.3 Å². The van der Waals surface area contributed by atoms with Crippen LogP contribution in [0.5, 0.6) is 0 Å². The molecular weight excluding hydrogens is 230 g/mol. The number of pyridine rings is 1. The van der Waals surface area contributed by atoms with E-state index in [1.165, 1.54) is 6.20 Å². The summed E-state index contributed by atoms with van der Waals surface area (Å²) in [6, 6.07) is 3.51. The molecule has 6 heteroatoms. The van der Waals surface area contributed by atoms with E-state index in [0.717, 1.165) is 6.42 Å². The van der Waals surface area contributed by atoms with E-state index in [1.54, 1.807) is 6.07 Å². The Morgan fingerprint density at radius 2 is 2.33 bits per heavy atom. The number of carbonyl (C=O) groups is 1. The van der Waals surface area contributed by atoms with Gasteiger partial charge in [-0.05, 0) is 12.5 Å². The number of nitriles is 1. The first-order chi connectivity index (χ1) is 8.67. The van der Waals surface area contributed by atoms with Crippen LogP contribution in [-0.4, -0.2) is 24.0 Å². The molecule has 18 heavy (non-hydrogen) atoms. The lowest BCUT2D eigenvalue weighted by molar-refractivity contribution is -0.120. The van der Waals surface area contributed by atoms with E-state index < -0.39 is 0 Å². The molecule has 96 valence electrons. The first kappa shape index (κ1) is 13.8. The smallest absolute Gasteiger partial charge is 0.221 e. The topological polar surface area (TPSA) is 104 Å². The summed E-state index contributed by atoms with van der Waals surface area (Å²) in [5, 5.41) is 14.4. The second kappa shape index (κ2) is 7.12. The van der Waals surface area contributed by atoms with Gasteiger partial charge in [0.05, 0.1) is 11.3 Å². The summed E-state index contributed by atoms with van der Waals surface area (Å²) in [5.41, 5.74) is 6.54. The van der Waals surface area contributed by atoms with Crippen molar-refractivity contribution in [3.63, 3.8) is 0 Å². The van der Waals surface area contributed by atoms with Gasteiger partial charge in [-0.15, -0.1) is 0 Å². The molecule has 0 unspecified atom stereocenters. The molecular formula is C12H17N5O. The molecule has 4 N–H and O–H groups in total. The van der Waals surface area contributed by atoms with E-state index in [2.05, 4.69) is 15.6 Å². The Bertz CT molecular complexity index is 452. The van der Waals surface area contributed by atoms with Crippen LogP contribution in [-0.2, 0) is 4.79 Å². The van der Waals surface area contributed by atoms with Gasteiger partial charge >= 0.3 is 0 Å². The standard InChI is InChI=1S/C12H17N5O/c1-2-4-15-11(18)3-5-16-12-10(14)6-9(7-13)8-17-12/h6,8H,2-5,14H2,1H3,(H,15,18)(H,16,17). The number of rotatable bonds is 6. The molecule has 1 aromatic heterocycles. The van der Waals surface area contributed by atoms with Crippen LogP contribution in [0.15, 0.2) is 12.3 Å². The summed E-state index contributed by atoms with van der Waals surface area (Å²) < 4.78 is 0. The second-order valence-electron chi connectivity index (χ2n) is 3.80. The molecule has 0 spiro atoms. The summed E-state index contributed by atoms with van der Waals surface area (Å²) in [6.45, 7) is 3.15. The number of carbonyl (C=O) groups excluding carboxylic acids is 1. The SMILES string of the molecule is CCCNC(=O)CCNc1ncc(C#N)cc1N. The molecule has 0 atom stereocenters. The lowest BCUT2D eigenvalue weighted by atomic mass is 10.2. The predicted molar refractivity (Wildman–Crippen MR) is 69.8 cm³/mol. The zero-order valence-corrected chi connectivity index (χ0v) is 10.4. The minimum atomic E-state index is -0.00318. The fourth-order valence-corrected chi connectivity index (χ4v) is 1.34. The fraction of sp³-hybridized carbons (Fsp3) is 0.417. The van der Waals surface area contributed by atoms with Crippen molar-refractivity contribution < 1.29 is 4.79 Å². The highest BCUT2D eigenvalue weighted by atomic mass is 16.1. The Morgan fingerprint density at radius 3 is 2.94 bits per heavy atom. The maximum Gasteiger partial charge on any atom is 0.221 e. The molecule has 0 aliphatic heterocycles. The highest BCUT2D eigenvalue weighted by Gasteiger charge is 2.03. The molecule has 0 aliphatic rings. The number of aromatic nitrogens is 1. The van der Waals surface area contributed by atoms with E-state index >= 15 is 0 Å². The average molecular weight is 247 g/mol. The van der Waals surface area contributed by atoms with Crippen molar-refractivity contribution >= 4 is 17.4 Å². The van der Waals surface area contributed by atoms with Gasteiger partial charge in [0.15, 0.2) is 0 Å². The fourth-order valence-electron chi connectivity index (χ4n) is 1.34. The van der Waals surface area contributed by atoms with E-state index in [1.807, 2.05) is 13.0 Å². The van der Waals surface area contributed by atoms with Crippen LogP contribution < -0.4 is 16.4 Å². The van der Waals surface area contributed by atoms with Gasteiger partial charge in [-0.3, -0.25) is 4.79 Å². The van der Waals surface area contributed by atoms with Crippen LogP contribution >= 0.6 is 0 Å². The van der Waals surface area contributed by atoms with Crippen LogP contribution in [0, 0.1) is 11.3 Å². The third-order valence-corrected chi connectivity index (χ3v) is 2.26. The van der Waals surface area contributed by atoms with Crippen LogP contribution in [0.4, 0.5) is 11.5 Å². The zero-order chi connectivity index (χ0) is 13.4. The molecule has 1 amide bonds. The molecule has 0 bridgehead atoms. The lowest BCUT2D eigenvalue weighted by Crippen LogP contribution is -2.26. The maximum atomic E-state index is 11.3. The molecule has 0 aliphatic carbocycles. The van der Waals surface area contributed by atoms with Gasteiger partial charge in [0, 0.05) is 25.7 Å². The number of nitrogen functional groups attached to an aromatic ring is 1. The second-order valence-corrected chi connectivity index (χ2v) is 3.80. The Balaban J connectivity index is 2.40. The molecule has 1 heterocycles. The lowest BCUT2D eigenvalue weighted by Gasteiger charge is -2.08. The molecule has 0 fully saturated rings. The van der Waals surface area contributed by atoms with Gasteiger partial charge in [-0.25, -0.2) is 4.98 Å². The Labute approximate surface area is 106 Å². The molecule has 0 aromatic carbocycles. The van der Waals surface area contributed by atoms with Crippen molar-refractivity contribution in [3.8, 4) is 6.07 Å². The van der Waals surface area contributed by atoms with Crippen molar-refractivity contribution in [2.24, 2.45) is 0 Å². The van der Waals surface area contributed by atoms with Crippen LogP contribution in [0.3, 0.4) is 0 Å². The number of hydrogen-bond donors (Lipinski definition) is 3. The van der Waals surface area contributed by atoms with E-state index in [9.17, 15) is 4.79 Å². The number of nitrogens with one attached hydrogen (secondary N) is 2. The largest absolute Gasteiger partial charge is 0.396 e. The Hall–Kier alpha value is -2.29. The Morgan fingerprint density at radius 1 is 1.56 bits per heavy atom. The highest BCUT2D eigenvalue weighted by molar-refractivity contribution is 5.76. The van der Waals surface area contributed by atoms with Crippen LogP contribution in [0.2, 0.25) is 0 Å². The van der Waals surface area contributed by atoms with Gasteiger partial charge in [-0.2, -0.15) is 5.26 Å². The van der Waals surface area contributed by atoms with Gasteiger partial charge < -0.3 is 16.4 Å². The summed E-state index contributed by atoms with van der Waals surface area (Å²) in [6.07, 6.45) is 2.72. The minimum Gasteiger partial charge on any atom is -0.396 e. The van der Waals surface area contributed by atoms with Crippen molar-refractivity contribution in [2.45, 2.75) is 19.8 Å². The molecule has 6 nitrogen and oxygen atoms in total. The summed E-state index contributed by atoms with van der Waals surface area (Å²) in [5.74, 6) is 0.494. The van der Waals surface area contributed by atoms with Gasteiger partial charge in [-0.1, -0.05) is 6.92 Å². The third kappa shape index (κ3) is 4.29. The van der Waals surface area contributed by atoms with Crippen LogP contribution in [0.1, 0.15) is 25.3 Å². The summed E-state index contributed by atoms with van der Waals surface area (Å²) >= 11 is 0.